The van der Waals surface area contributed by atoms with Crippen LogP contribution in [0.25, 0.3) is 0 Å². The van der Waals surface area contributed by atoms with E-state index in [-0.39, 0.29) is 4.60 Å². The molecule has 1 heterocycles. The fourth-order valence-corrected chi connectivity index (χ4v) is 1.01. The molecule has 1 N–H and O–H groups in total. The number of carboxylic acid groups (broad SMARTS) is 1. The predicted molar refractivity (Wildman–Crippen MR) is 38.8 cm³/mol. The lowest BCUT2D eigenvalue weighted by molar-refractivity contribution is 0.0690. The first-order valence-electron chi connectivity index (χ1n) is 2.77. The summed E-state index contributed by atoms with van der Waals surface area (Å²) in [6, 6.07) is 0.890. The summed E-state index contributed by atoms with van der Waals surface area (Å²) in [5.41, 5.74) is -0.741. The molecule has 12 heavy (non-hydrogen) atoms. The summed E-state index contributed by atoms with van der Waals surface area (Å²) in [4.78, 5) is 13.3. The van der Waals surface area contributed by atoms with Crippen molar-refractivity contribution in [3.8, 4) is 0 Å². The maximum Gasteiger partial charge on any atom is 0.338 e. The van der Waals surface area contributed by atoms with E-state index in [1.807, 2.05) is 0 Å². The molecule has 0 aromatic carbocycles. The molecule has 1 rings (SSSR count). The minimum absolute atomic E-state index is 0.0567. The normalized spacial score (nSPS) is 9.92. The van der Waals surface area contributed by atoms with Crippen LogP contribution in [0.15, 0.2) is 10.7 Å². The van der Waals surface area contributed by atoms with Gasteiger partial charge in [-0.3, -0.25) is 0 Å². The molecule has 0 aliphatic rings. The SMILES string of the molecule is O=C(O)c1cc(Br)nc(F)c1F. The Balaban J connectivity index is 3.37. The fraction of sp³-hybridized carbons (Fsp3) is 0. The molecule has 6 heteroatoms. The van der Waals surface area contributed by atoms with Crippen LogP contribution in [0.1, 0.15) is 10.4 Å². The molecule has 0 saturated heterocycles. The van der Waals surface area contributed by atoms with Gasteiger partial charge in [-0.15, -0.1) is 0 Å². The second-order valence-electron chi connectivity index (χ2n) is 1.90. The van der Waals surface area contributed by atoms with Gasteiger partial charge in [-0.2, -0.15) is 4.39 Å². The van der Waals surface area contributed by atoms with Gasteiger partial charge in [0.05, 0.1) is 0 Å². The molecule has 0 bridgehead atoms. The number of halogens is 3. The summed E-state index contributed by atoms with van der Waals surface area (Å²) in [5, 5.41) is 8.36. The number of aromatic carboxylic acids is 1. The highest BCUT2D eigenvalue weighted by molar-refractivity contribution is 9.10. The van der Waals surface area contributed by atoms with Crippen LogP contribution in [0.3, 0.4) is 0 Å². The Morgan fingerprint density at radius 3 is 2.67 bits per heavy atom. The van der Waals surface area contributed by atoms with Crippen molar-refractivity contribution in [2.75, 3.05) is 0 Å². The van der Waals surface area contributed by atoms with Gasteiger partial charge in [-0.05, 0) is 22.0 Å². The maximum absolute atomic E-state index is 12.6. The Morgan fingerprint density at radius 2 is 2.17 bits per heavy atom. The minimum Gasteiger partial charge on any atom is -0.478 e. The topological polar surface area (TPSA) is 50.2 Å². The molecule has 0 unspecified atom stereocenters. The van der Waals surface area contributed by atoms with E-state index >= 15 is 0 Å². The average molecular weight is 238 g/mol. The van der Waals surface area contributed by atoms with Crippen LogP contribution in [0.2, 0.25) is 0 Å². The van der Waals surface area contributed by atoms with E-state index in [9.17, 15) is 13.6 Å². The Morgan fingerprint density at radius 1 is 1.58 bits per heavy atom. The van der Waals surface area contributed by atoms with Crippen LogP contribution in [0, 0.1) is 11.8 Å². The highest BCUT2D eigenvalue weighted by atomic mass is 79.9. The molecular weight excluding hydrogens is 236 g/mol. The first-order chi connectivity index (χ1) is 5.52. The van der Waals surface area contributed by atoms with Crippen molar-refractivity contribution in [2.45, 2.75) is 0 Å². The molecule has 0 spiro atoms. The van der Waals surface area contributed by atoms with E-state index in [2.05, 4.69) is 20.9 Å². The van der Waals surface area contributed by atoms with E-state index in [1.54, 1.807) is 0 Å². The van der Waals surface area contributed by atoms with E-state index in [0.29, 0.717) is 0 Å². The maximum atomic E-state index is 12.6. The van der Waals surface area contributed by atoms with Crippen molar-refractivity contribution in [2.24, 2.45) is 0 Å². The third-order valence-corrected chi connectivity index (χ3v) is 1.52. The number of nitrogens with zero attached hydrogens (tertiary/aromatic N) is 1. The van der Waals surface area contributed by atoms with Crippen molar-refractivity contribution in [3.05, 3.63) is 28.0 Å². The summed E-state index contributed by atoms with van der Waals surface area (Å²) in [6.45, 7) is 0. The standard InChI is InChI=1S/C6H2BrF2NO2/c7-3-1-2(6(11)12)4(8)5(9)10-3/h1H,(H,11,12). The molecule has 3 nitrogen and oxygen atoms in total. The van der Waals surface area contributed by atoms with Gasteiger partial charge in [0.15, 0.2) is 5.82 Å². The molecule has 64 valence electrons. The summed E-state index contributed by atoms with van der Waals surface area (Å²) >= 11 is 2.73. The largest absolute Gasteiger partial charge is 0.478 e. The smallest absolute Gasteiger partial charge is 0.338 e. The van der Waals surface area contributed by atoms with E-state index in [0.717, 1.165) is 6.07 Å². The van der Waals surface area contributed by atoms with E-state index in [1.165, 1.54) is 0 Å². The van der Waals surface area contributed by atoms with E-state index < -0.39 is 23.3 Å². The first kappa shape index (κ1) is 9.05. The zero-order valence-corrected chi connectivity index (χ0v) is 7.10. The lowest BCUT2D eigenvalue weighted by atomic mass is 10.2. The summed E-state index contributed by atoms with van der Waals surface area (Å²) in [5.74, 6) is -4.41. The molecule has 0 aliphatic carbocycles. The van der Waals surface area contributed by atoms with Crippen molar-refractivity contribution < 1.29 is 18.7 Å². The van der Waals surface area contributed by atoms with E-state index in [4.69, 9.17) is 5.11 Å². The molecular formula is C6H2BrF2NO2. The van der Waals surface area contributed by atoms with Crippen LogP contribution >= 0.6 is 15.9 Å². The number of aromatic nitrogens is 1. The van der Waals surface area contributed by atoms with Crippen molar-refractivity contribution in [1.82, 2.24) is 4.98 Å². The van der Waals surface area contributed by atoms with Crippen molar-refractivity contribution in [1.29, 1.82) is 0 Å². The second kappa shape index (κ2) is 3.14. The van der Waals surface area contributed by atoms with Crippen LogP contribution < -0.4 is 0 Å². The number of hydrogen-bond donors (Lipinski definition) is 1. The Hall–Kier alpha value is -1.04. The van der Waals surface area contributed by atoms with Gasteiger partial charge in [-0.1, -0.05) is 0 Å². The van der Waals surface area contributed by atoms with Gasteiger partial charge in [0.1, 0.15) is 10.2 Å². The van der Waals surface area contributed by atoms with Crippen LogP contribution in [-0.4, -0.2) is 16.1 Å². The Kier molecular flexibility index (Phi) is 2.37. The van der Waals surface area contributed by atoms with Gasteiger partial charge in [0.2, 0.25) is 0 Å². The lowest BCUT2D eigenvalue weighted by Crippen LogP contribution is -2.04. The van der Waals surface area contributed by atoms with Crippen LogP contribution in [0.4, 0.5) is 8.78 Å². The zero-order chi connectivity index (χ0) is 9.30. The third-order valence-electron chi connectivity index (χ3n) is 1.12. The highest BCUT2D eigenvalue weighted by Crippen LogP contribution is 2.15. The van der Waals surface area contributed by atoms with Gasteiger partial charge in [-0.25, -0.2) is 14.2 Å². The fourth-order valence-electron chi connectivity index (χ4n) is 0.624. The van der Waals surface area contributed by atoms with Crippen molar-refractivity contribution in [3.63, 3.8) is 0 Å². The van der Waals surface area contributed by atoms with Crippen molar-refractivity contribution >= 4 is 21.9 Å². The molecule has 0 radical (unpaired) electrons. The van der Waals surface area contributed by atoms with Gasteiger partial charge in [0.25, 0.3) is 5.95 Å². The Bertz CT molecular complexity index is 343. The molecule has 0 saturated carbocycles. The predicted octanol–water partition coefficient (Wildman–Crippen LogP) is 1.82. The summed E-state index contributed by atoms with van der Waals surface area (Å²) < 4.78 is 25.0. The number of pyridine rings is 1. The van der Waals surface area contributed by atoms with Gasteiger partial charge < -0.3 is 5.11 Å². The highest BCUT2D eigenvalue weighted by Gasteiger charge is 2.16. The minimum atomic E-state index is -1.53. The lowest BCUT2D eigenvalue weighted by Gasteiger charge is -1.97. The summed E-state index contributed by atoms with van der Waals surface area (Å²) in [7, 11) is 0. The quantitative estimate of drug-likeness (QED) is 0.759. The van der Waals surface area contributed by atoms with Crippen LogP contribution in [-0.2, 0) is 0 Å². The second-order valence-corrected chi connectivity index (χ2v) is 2.71. The zero-order valence-electron chi connectivity index (χ0n) is 5.51. The summed E-state index contributed by atoms with van der Waals surface area (Å²) in [6.07, 6.45) is 0. The first-order valence-corrected chi connectivity index (χ1v) is 3.56. The Labute approximate surface area is 74.2 Å². The average Bonchev–Trinajstić information content (AvgIpc) is 1.96. The monoisotopic (exact) mass is 237 g/mol. The van der Waals surface area contributed by atoms with Gasteiger partial charge in [0, 0.05) is 0 Å². The number of carbonyl (C=O) groups is 1. The number of rotatable bonds is 1. The molecule has 0 atom stereocenters. The number of carboxylic acids is 1. The van der Waals surface area contributed by atoms with Crippen LogP contribution in [0.5, 0.6) is 0 Å². The molecule has 1 aromatic rings. The molecule has 1 aromatic heterocycles. The number of hydrogen-bond acceptors (Lipinski definition) is 2. The van der Waals surface area contributed by atoms with Gasteiger partial charge >= 0.3 is 5.97 Å². The molecule has 0 fully saturated rings. The molecule has 0 amide bonds. The molecule has 0 aliphatic heterocycles. The third kappa shape index (κ3) is 1.58.